The highest BCUT2D eigenvalue weighted by atomic mass is 79.9. The Morgan fingerprint density at radius 2 is 1.44 bits per heavy atom. The van der Waals surface area contributed by atoms with Gasteiger partial charge in [0.05, 0.1) is 6.10 Å². The van der Waals surface area contributed by atoms with Crippen molar-refractivity contribution in [2.24, 2.45) is 0 Å². The average molecular weight is 405 g/mol. The van der Waals surface area contributed by atoms with Crippen LogP contribution in [0.1, 0.15) is 20.8 Å². The minimum atomic E-state index is -0.372. The molecule has 0 aliphatic rings. The van der Waals surface area contributed by atoms with Gasteiger partial charge in [0.15, 0.2) is 0 Å². The fourth-order valence-corrected chi connectivity index (χ4v) is 2.23. The van der Waals surface area contributed by atoms with E-state index in [1.54, 1.807) is 6.08 Å². The van der Waals surface area contributed by atoms with Gasteiger partial charge in [-0.1, -0.05) is 15.9 Å². The Bertz CT molecular complexity index is 705. The zero-order valence-electron chi connectivity index (χ0n) is 14.4. The van der Waals surface area contributed by atoms with Gasteiger partial charge in [0.2, 0.25) is 0 Å². The summed E-state index contributed by atoms with van der Waals surface area (Å²) in [6, 6.07) is 14.9. The largest absolute Gasteiger partial charge is 0.487 e. The van der Waals surface area contributed by atoms with Gasteiger partial charge < -0.3 is 14.2 Å². The summed E-state index contributed by atoms with van der Waals surface area (Å²) in [5.74, 6) is 1.80. The van der Waals surface area contributed by atoms with Crippen LogP contribution < -0.4 is 9.47 Å². The van der Waals surface area contributed by atoms with Crippen molar-refractivity contribution in [2.75, 3.05) is 0 Å². The van der Waals surface area contributed by atoms with E-state index in [0.717, 1.165) is 16.0 Å². The zero-order valence-corrected chi connectivity index (χ0v) is 16.0. The van der Waals surface area contributed by atoms with Crippen molar-refractivity contribution in [3.8, 4) is 17.2 Å². The minimum Gasteiger partial charge on any atom is -0.487 e. The van der Waals surface area contributed by atoms with E-state index in [4.69, 9.17) is 14.2 Å². The lowest BCUT2D eigenvalue weighted by atomic mass is 10.3. The smallest absolute Gasteiger partial charge is 0.330 e. The molecule has 4 nitrogen and oxygen atoms in total. The number of benzene rings is 2. The van der Waals surface area contributed by atoms with Crippen LogP contribution in [0.15, 0.2) is 65.2 Å². The summed E-state index contributed by atoms with van der Waals surface area (Å²) in [5, 5.41) is 0. The third-order valence-electron chi connectivity index (χ3n) is 3.05. The van der Waals surface area contributed by atoms with E-state index in [9.17, 15) is 4.79 Å². The lowest BCUT2D eigenvalue weighted by Gasteiger charge is -2.12. The van der Waals surface area contributed by atoms with Crippen LogP contribution in [0.25, 0.3) is 0 Å². The maximum absolute atomic E-state index is 11.5. The first-order chi connectivity index (χ1) is 11.9. The third-order valence-corrected chi connectivity index (χ3v) is 3.58. The highest BCUT2D eigenvalue weighted by molar-refractivity contribution is 9.10. The molecule has 25 heavy (non-hydrogen) atoms. The fourth-order valence-electron chi connectivity index (χ4n) is 1.96. The van der Waals surface area contributed by atoms with Gasteiger partial charge in [-0.15, -0.1) is 0 Å². The summed E-state index contributed by atoms with van der Waals surface area (Å²) in [4.78, 5) is 11.5. The molecular weight excluding hydrogens is 384 g/mol. The molecule has 0 fully saturated rings. The third kappa shape index (κ3) is 7.01. The molecule has 0 aromatic heterocycles. The van der Waals surface area contributed by atoms with Crippen molar-refractivity contribution in [3.05, 3.63) is 65.2 Å². The zero-order chi connectivity index (χ0) is 18.2. The molecule has 0 aliphatic heterocycles. The molecule has 2 aromatic carbocycles. The molecule has 0 saturated carbocycles. The van der Waals surface area contributed by atoms with Gasteiger partial charge in [0, 0.05) is 10.5 Å². The maximum atomic E-state index is 11.5. The summed E-state index contributed by atoms with van der Waals surface area (Å²) >= 11 is 3.39. The first kappa shape index (κ1) is 19.1. The summed E-state index contributed by atoms with van der Waals surface area (Å²) in [6.07, 6.45) is 2.66. The Morgan fingerprint density at radius 1 is 0.920 bits per heavy atom. The molecule has 1 atom stereocenters. The molecule has 0 heterocycles. The van der Waals surface area contributed by atoms with Crippen LogP contribution in [-0.4, -0.2) is 18.2 Å². The van der Waals surface area contributed by atoms with Gasteiger partial charge in [-0.25, -0.2) is 4.79 Å². The van der Waals surface area contributed by atoms with Gasteiger partial charge >= 0.3 is 5.97 Å². The first-order valence-electron chi connectivity index (χ1n) is 8.01. The van der Waals surface area contributed by atoms with Crippen LogP contribution in [0.5, 0.6) is 17.2 Å². The summed E-state index contributed by atoms with van der Waals surface area (Å²) in [5.41, 5.74) is 0. The van der Waals surface area contributed by atoms with Crippen LogP contribution in [0.3, 0.4) is 0 Å². The van der Waals surface area contributed by atoms with Gasteiger partial charge in [0.1, 0.15) is 23.4 Å². The fraction of sp³-hybridized carbons (Fsp3) is 0.250. The second-order valence-electron chi connectivity index (χ2n) is 5.70. The van der Waals surface area contributed by atoms with E-state index in [0.29, 0.717) is 5.75 Å². The average Bonchev–Trinajstić information content (AvgIpc) is 2.56. The van der Waals surface area contributed by atoms with Crippen molar-refractivity contribution in [1.29, 1.82) is 0 Å². The number of carbonyl (C=O) groups is 1. The van der Waals surface area contributed by atoms with E-state index >= 15 is 0 Å². The molecule has 0 aliphatic carbocycles. The Labute approximate surface area is 156 Å². The summed E-state index contributed by atoms with van der Waals surface area (Å²) < 4.78 is 17.5. The van der Waals surface area contributed by atoms with E-state index in [1.807, 2.05) is 69.3 Å². The molecule has 5 heteroatoms. The van der Waals surface area contributed by atoms with Crippen LogP contribution >= 0.6 is 15.9 Å². The predicted octanol–water partition coefficient (Wildman–Crippen LogP) is 5.52. The van der Waals surface area contributed by atoms with Crippen LogP contribution in [-0.2, 0) is 9.53 Å². The number of hydrogen-bond donors (Lipinski definition) is 0. The van der Waals surface area contributed by atoms with Crippen molar-refractivity contribution in [1.82, 2.24) is 0 Å². The Balaban J connectivity index is 1.88. The summed E-state index contributed by atoms with van der Waals surface area (Å²) in [7, 11) is 0. The van der Waals surface area contributed by atoms with Crippen molar-refractivity contribution in [3.63, 3.8) is 0 Å². The number of ether oxygens (including phenoxy) is 3. The number of carbonyl (C=O) groups excluding carboxylic acids is 1. The number of hydrogen-bond acceptors (Lipinski definition) is 4. The molecule has 1 unspecified atom stereocenters. The van der Waals surface area contributed by atoms with Crippen LogP contribution in [0.2, 0.25) is 0 Å². The molecule has 2 rings (SSSR count). The predicted molar refractivity (Wildman–Crippen MR) is 101 cm³/mol. The first-order valence-corrected chi connectivity index (χ1v) is 8.80. The van der Waals surface area contributed by atoms with E-state index < -0.39 is 0 Å². The second-order valence-corrected chi connectivity index (χ2v) is 6.61. The monoisotopic (exact) mass is 404 g/mol. The van der Waals surface area contributed by atoms with Gasteiger partial charge in [-0.2, -0.15) is 0 Å². The molecule has 0 spiro atoms. The Morgan fingerprint density at radius 3 is 2.00 bits per heavy atom. The molecule has 2 aromatic rings. The van der Waals surface area contributed by atoms with E-state index in [2.05, 4.69) is 15.9 Å². The lowest BCUT2D eigenvalue weighted by Crippen LogP contribution is -2.12. The molecule has 0 saturated heterocycles. The minimum absolute atomic E-state index is 0.133. The maximum Gasteiger partial charge on any atom is 0.330 e. The van der Waals surface area contributed by atoms with Crippen LogP contribution in [0.4, 0.5) is 0 Å². The molecule has 0 N–H and O–H groups in total. The summed E-state index contributed by atoms with van der Waals surface area (Å²) in [6.45, 7) is 5.47. The topological polar surface area (TPSA) is 44.8 Å². The highest BCUT2D eigenvalue weighted by Gasteiger charge is 2.04. The molecule has 132 valence electrons. The van der Waals surface area contributed by atoms with Crippen LogP contribution in [0, 0.1) is 0 Å². The molecule has 0 bridgehead atoms. The highest BCUT2D eigenvalue weighted by Crippen LogP contribution is 2.25. The standard InChI is InChI=1S/C20H21BrO4/c1-14(2)23-20(22)13-4-15(3)24-17-9-11-19(12-10-17)25-18-7-5-16(21)6-8-18/h4-15H,1-3H3. The molecule has 0 radical (unpaired) electrons. The number of esters is 1. The SMILES string of the molecule is CC(C)OC(=O)C=CC(C)Oc1ccc(Oc2ccc(Br)cc2)cc1. The quantitative estimate of drug-likeness (QED) is 0.450. The van der Waals surface area contributed by atoms with Gasteiger partial charge in [0.25, 0.3) is 0 Å². The van der Waals surface area contributed by atoms with Gasteiger partial charge in [-0.05, 0) is 75.4 Å². The number of rotatable bonds is 7. The number of halogens is 1. The van der Waals surface area contributed by atoms with E-state index in [-0.39, 0.29) is 18.2 Å². The Hall–Kier alpha value is -2.27. The van der Waals surface area contributed by atoms with Crippen molar-refractivity contribution in [2.45, 2.75) is 33.0 Å². The lowest BCUT2D eigenvalue weighted by molar-refractivity contribution is -0.141. The van der Waals surface area contributed by atoms with Gasteiger partial charge in [-0.3, -0.25) is 0 Å². The normalized spacial score (nSPS) is 12.2. The Kier molecular flexibility index (Phi) is 7.07. The van der Waals surface area contributed by atoms with Crippen molar-refractivity contribution < 1.29 is 19.0 Å². The van der Waals surface area contributed by atoms with Crippen molar-refractivity contribution >= 4 is 21.9 Å². The molecular formula is C20H21BrO4. The molecule has 0 amide bonds. The second kappa shape index (κ2) is 9.28. The van der Waals surface area contributed by atoms with E-state index in [1.165, 1.54) is 6.08 Å².